The highest BCUT2D eigenvalue weighted by atomic mass is 79.9. The van der Waals surface area contributed by atoms with E-state index in [9.17, 15) is 4.79 Å². The van der Waals surface area contributed by atoms with Gasteiger partial charge in [0.2, 0.25) is 5.91 Å². The zero-order chi connectivity index (χ0) is 18.6. The molecule has 0 saturated carbocycles. The summed E-state index contributed by atoms with van der Waals surface area (Å²) in [6, 6.07) is 22.6. The summed E-state index contributed by atoms with van der Waals surface area (Å²) in [4.78, 5) is 15.3. The van der Waals surface area contributed by atoms with Crippen LogP contribution in [0.15, 0.2) is 71.2 Å². The molecule has 1 heterocycles. The number of rotatable bonds is 4. The van der Waals surface area contributed by atoms with Gasteiger partial charge in [0.15, 0.2) is 0 Å². The van der Waals surface area contributed by atoms with Crippen molar-refractivity contribution < 1.29 is 4.79 Å². The minimum Gasteiger partial charge on any atom is -0.325 e. The summed E-state index contributed by atoms with van der Waals surface area (Å²) in [7, 11) is 0. The maximum atomic E-state index is 12.9. The van der Waals surface area contributed by atoms with Gasteiger partial charge in [0, 0.05) is 28.6 Å². The van der Waals surface area contributed by atoms with Crippen molar-refractivity contribution in [1.29, 1.82) is 0 Å². The lowest BCUT2D eigenvalue weighted by molar-refractivity contribution is -0.121. The average molecular weight is 423 g/mol. The van der Waals surface area contributed by atoms with E-state index in [0.29, 0.717) is 0 Å². The lowest BCUT2D eigenvalue weighted by atomic mass is 9.96. The fourth-order valence-electron chi connectivity index (χ4n) is 3.88. The molecule has 3 aromatic carbocycles. The number of benzene rings is 3. The normalized spacial score (nSPS) is 17.7. The summed E-state index contributed by atoms with van der Waals surface area (Å²) in [5.41, 5.74) is 2.18. The molecule has 1 atom stereocenters. The first-order valence-corrected chi connectivity index (χ1v) is 10.2. The number of nitrogens with one attached hydrogen (secondary N) is 1. The van der Waals surface area contributed by atoms with Crippen molar-refractivity contribution in [2.24, 2.45) is 5.92 Å². The monoisotopic (exact) mass is 422 g/mol. The van der Waals surface area contributed by atoms with Gasteiger partial charge >= 0.3 is 0 Å². The smallest absolute Gasteiger partial charge is 0.228 e. The van der Waals surface area contributed by atoms with Gasteiger partial charge in [0.1, 0.15) is 0 Å². The van der Waals surface area contributed by atoms with Crippen LogP contribution in [0.5, 0.6) is 0 Å². The molecule has 0 radical (unpaired) electrons. The average Bonchev–Trinajstić information content (AvgIpc) is 2.68. The number of carbonyl (C=O) groups excluding carboxylic acids is 1. The molecule has 1 amide bonds. The first kappa shape index (κ1) is 18.2. The van der Waals surface area contributed by atoms with Crippen LogP contribution in [-0.2, 0) is 11.3 Å². The highest BCUT2D eigenvalue weighted by molar-refractivity contribution is 9.10. The van der Waals surface area contributed by atoms with Crippen LogP contribution in [0.25, 0.3) is 10.8 Å². The fourth-order valence-corrected chi connectivity index (χ4v) is 4.32. The number of nitrogens with zero attached hydrogens (tertiary/aromatic N) is 1. The van der Waals surface area contributed by atoms with E-state index >= 15 is 0 Å². The van der Waals surface area contributed by atoms with E-state index in [1.807, 2.05) is 30.3 Å². The lowest BCUT2D eigenvalue weighted by Gasteiger charge is -2.32. The number of piperidine rings is 1. The molecule has 0 spiro atoms. The molecule has 0 bridgehead atoms. The molecule has 4 rings (SSSR count). The van der Waals surface area contributed by atoms with Crippen molar-refractivity contribution >= 4 is 38.3 Å². The number of anilines is 1. The summed E-state index contributed by atoms with van der Waals surface area (Å²) in [6.07, 6.45) is 2.01. The minimum atomic E-state index is 0.0323. The Morgan fingerprint density at radius 2 is 1.89 bits per heavy atom. The fraction of sp³-hybridized carbons (Fsp3) is 0.261. The predicted octanol–water partition coefficient (Wildman–Crippen LogP) is 5.45. The van der Waals surface area contributed by atoms with E-state index in [2.05, 4.69) is 62.5 Å². The summed E-state index contributed by atoms with van der Waals surface area (Å²) < 4.78 is 1.10. The van der Waals surface area contributed by atoms with Crippen LogP contribution in [0.4, 0.5) is 5.69 Å². The van der Waals surface area contributed by atoms with Crippen LogP contribution in [-0.4, -0.2) is 23.9 Å². The summed E-state index contributed by atoms with van der Waals surface area (Å²) in [5, 5.41) is 5.42. The second kappa shape index (κ2) is 8.24. The zero-order valence-electron chi connectivity index (χ0n) is 15.2. The van der Waals surface area contributed by atoms with E-state index in [1.54, 1.807) is 0 Å². The Morgan fingerprint density at radius 1 is 1.07 bits per heavy atom. The summed E-state index contributed by atoms with van der Waals surface area (Å²) >= 11 is 3.54. The van der Waals surface area contributed by atoms with E-state index in [-0.39, 0.29) is 11.8 Å². The van der Waals surface area contributed by atoms with Crippen molar-refractivity contribution in [3.8, 4) is 0 Å². The number of fused-ring (bicyclic) bond motifs is 1. The number of carbonyl (C=O) groups is 1. The Morgan fingerprint density at radius 3 is 2.78 bits per heavy atom. The third-order valence-corrected chi connectivity index (χ3v) is 5.71. The van der Waals surface area contributed by atoms with Crippen LogP contribution in [0.1, 0.15) is 18.4 Å². The van der Waals surface area contributed by atoms with Crippen molar-refractivity contribution in [3.05, 3.63) is 76.8 Å². The van der Waals surface area contributed by atoms with E-state index in [1.165, 1.54) is 5.56 Å². The minimum absolute atomic E-state index is 0.0323. The van der Waals surface area contributed by atoms with Gasteiger partial charge in [-0.25, -0.2) is 0 Å². The molecule has 1 N–H and O–H groups in total. The van der Waals surface area contributed by atoms with Gasteiger partial charge in [-0.2, -0.15) is 0 Å². The topological polar surface area (TPSA) is 32.3 Å². The van der Waals surface area contributed by atoms with E-state index < -0.39 is 0 Å². The first-order chi connectivity index (χ1) is 13.2. The molecule has 0 aliphatic carbocycles. The third kappa shape index (κ3) is 4.40. The van der Waals surface area contributed by atoms with Crippen molar-refractivity contribution in [1.82, 2.24) is 4.90 Å². The molecule has 4 heteroatoms. The van der Waals surface area contributed by atoms with Crippen LogP contribution in [0.2, 0.25) is 0 Å². The Bertz CT molecular complexity index is 951. The first-order valence-electron chi connectivity index (χ1n) is 9.44. The van der Waals surface area contributed by atoms with E-state index in [4.69, 9.17) is 0 Å². The molecule has 3 nitrogen and oxygen atoms in total. The Kier molecular flexibility index (Phi) is 5.55. The second-order valence-corrected chi connectivity index (χ2v) is 8.14. The van der Waals surface area contributed by atoms with Crippen molar-refractivity contribution in [3.63, 3.8) is 0 Å². The van der Waals surface area contributed by atoms with Crippen LogP contribution in [0.3, 0.4) is 0 Å². The zero-order valence-corrected chi connectivity index (χ0v) is 16.8. The number of hydrogen-bond acceptors (Lipinski definition) is 2. The second-order valence-electron chi connectivity index (χ2n) is 7.22. The van der Waals surface area contributed by atoms with Crippen molar-refractivity contribution in [2.45, 2.75) is 19.4 Å². The van der Waals surface area contributed by atoms with Gasteiger partial charge in [-0.1, -0.05) is 64.5 Å². The SMILES string of the molecule is O=C(Nc1cccc2ccccc12)C1CCCN(Cc2cccc(Br)c2)C1. The van der Waals surface area contributed by atoms with Gasteiger partial charge in [-0.05, 0) is 48.5 Å². The van der Waals surface area contributed by atoms with Gasteiger partial charge in [-0.15, -0.1) is 0 Å². The van der Waals surface area contributed by atoms with Gasteiger partial charge in [-0.3, -0.25) is 9.69 Å². The maximum absolute atomic E-state index is 12.9. The molecule has 1 aliphatic rings. The molecule has 0 aromatic heterocycles. The quantitative estimate of drug-likeness (QED) is 0.605. The van der Waals surface area contributed by atoms with Crippen LogP contribution in [0, 0.1) is 5.92 Å². The molecular weight excluding hydrogens is 400 g/mol. The Labute approximate surface area is 168 Å². The Hall–Kier alpha value is -2.17. The molecule has 1 saturated heterocycles. The molecular formula is C23H23BrN2O. The third-order valence-electron chi connectivity index (χ3n) is 5.22. The van der Waals surface area contributed by atoms with Crippen LogP contribution < -0.4 is 5.32 Å². The molecule has 27 heavy (non-hydrogen) atoms. The van der Waals surface area contributed by atoms with Gasteiger partial charge in [0.05, 0.1) is 5.92 Å². The predicted molar refractivity (Wildman–Crippen MR) is 115 cm³/mol. The largest absolute Gasteiger partial charge is 0.325 e. The molecule has 3 aromatic rings. The Balaban J connectivity index is 1.44. The van der Waals surface area contributed by atoms with E-state index in [0.717, 1.165) is 53.4 Å². The van der Waals surface area contributed by atoms with Crippen LogP contribution >= 0.6 is 15.9 Å². The lowest BCUT2D eigenvalue weighted by Crippen LogP contribution is -2.40. The number of hydrogen-bond donors (Lipinski definition) is 1. The molecule has 1 aliphatic heterocycles. The van der Waals surface area contributed by atoms with Crippen molar-refractivity contribution in [2.75, 3.05) is 18.4 Å². The summed E-state index contributed by atoms with van der Waals surface area (Å²) in [5.74, 6) is 0.162. The molecule has 1 fully saturated rings. The number of likely N-dealkylation sites (tertiary alicyclic amines) is 1. The number of amides is 1. The summed E-state index contributed by atoms with van der Waals surface area (Å²) in [6.45, 7) is 2.74. The molecule has 138 valence electrons. The highest BCUT2D eigenvalue weighted by Gasteiger charge is 2.26. The molecule has 1 unspecified atom stereocenters. The van der Waals surface area contributed by atoms with Gasteiger partial charge < -0.3 is 5.32 Å². The number of halogens is 1. The standard InChI is InChI=1S/C23H23BrN2O/c24-20-10-3-6-17(14-20)15-26-13-5-9-19(16-26)23(27)25-22-12-4-8-18-7-1-2-11-21(18)22/h1-4,6-8,10-12,14,19H,5,9,13,15-16H2,(H,25,27). The van der Waals surface area contributed by atoms with Gasteiger partial charge in [0.25, 0.3) is 0 Å². The highest BCUT2D eigenvalue weighted by Crippen LogP contribution is 2.25. The maximum Gasteiger partial charge on any atom is 0.228 e.